The average Bonchev–Trinajstić information content (AvgIpc) is 2.82. The molecule has 1 unspecified atom stereocenters. The monoisotopic (exact) mass is 376 g/mol. The van der Waals surface area contributed by atoms with Crippen LogP contribution in [0.1, 0.15) is 26.3 Å². The molecule has 1 aliphatic heterocycles. The largest absolute Gasteiger partial charge is 0.348 e. The topological polar surface area (TPSA) is 75.3 Å². The Hall–Kier alpha value is -3.25. The summed E-state index contributed by atoms with van der Waals surface area (Å²) >= 11 is 0. The maximum atomic E-state index is 12.9. The second-order valence-corrected chi connectivity index (χ2v) is 7.52. The number of rotatable bonds is 3. The number of carbonyl (C=O) groups is 2. The summed E-state index contributed by atoms with van der Waals surface area (Å²) < 4.78 is 12.9. The molecule has 134 valence electrons. The van der Waals surface area contributed by atoms with E-state index in [1.807, 2.05) is 30.3 Å². The second-order valence-electron chi connectivity index (χ2n) is 6.10. The summed E-state index contributed by atoms with van der Waals surface area (Å²) in [6, 6.07) is 21.2. The molecule has 1 aliphatic rings. The van der Waals surface area contributed by atoms with Gasteiger partial charge < -0.3 is 10.6 Å². The Kier molecular flexibility index (Phi) is 4.56. The smallest absolute Gasteiger partial charge is 0.256 e. The summed E-state index contributed by atoms with van der Waals surface area (Å²) in [4.78, 5) is 25.9. The molecule has 1 heterocycles. The van der Waals surface area contributed by atoms with E-state index in [0.717, 1.165) is 5.56 Å². The molecule has 0 saturated carbocycles. The average molecular weight is 376 g/mol. The molecule has 4 rings (SSSR count). The van der Waals surface area contributed by atoms with Gasteiger partial charge in [-0.2, -0.15) is 0 Å². The Morgan fingerprint density at radius 2 is 1.67 bits per heavy atom. The number of carbonyl (C=O) groups excluding carboxylic acids is 2. The molecule has 2 N–H and O–H groups in total. The van der Waals surface area contributed by atoms with E-state index in [1.54, 1.807) is 42.5 Å². The van der Waals surface area contributed by atoms with Crippen LogP contribution in [0.2, 0.25) is 0 Å². The number of anilines is 1. The van der Waals surface area contributed by atoms with Gasteiger partial charge in [0.25, 0.3) is 11.8 Å². The molecule has 0 saturated heterocycles. The highest BCUT2D eigenvalue weighted by molar-refractivity contribution is 7.85. The van der Waals surface area contributed by atoms with Crippen molar-refractivity contribution >= 4 is 28.3 Å². The summed E-state index contributed by atoms with van der Waals surface area (Å²) in [6.45, 7) is 0.403. The van der Waals surface area contributed by atoms with E-state index >= 15 is 0 Å². The fourth-order valence-electron chi connectivity index (χ4n) is 2.93. The minimum absolute atomic E-state index is 0.261. The first-order chi connectivity index (χ1) is 13.1. The van der Waals surface area contributed by atoms with Crippen molar-refractivity contribution in [3.05, 3.63) is 89.5 Å². The van der Waals surface area contributed by atoms with E-state index < -0.39 is 10.8 Å². The number of nitrogens with one attached hydrogen (secondary N) is 2. The number of hydrogen-bond acceptors (Lipinski definition) is 3. The first kappa shape index (κ1) is 17.2. The Labute approximate surface area is 158 Å². The third-order valence-electron chi connectivity index (χ3n) is 4.32. The molecule has 3 aromatic rings. The number of hydrogen-bond donors (Lipinski definition) is 2. The summed E-state index contributed by atoms with van der Waals surface area (Å²) in [5.41, 5.74) is 2.16. The van der Waals surface area contributed by atoms with Crippen LogP contribution in [-0.2, 0) is 17.3 Å². The summed E-state index contributed by atoms with van der Waals surface area (Å²) in [6.07, 6.45) is 0. The van der Waals surface area contributed by atoms with E-state index in [0.29, 0.717) is 33.2 Å². The van der Waals surface area contributed by atoms with Gasteiger partial charge in [0.05, 0.1) is 31.8 Å². The first-order valence-corrected chi connectivity index (χ1v) is 9.57. The van der Waals surface area contributed by atoms with Gasteiger partial charge in [-0.05, 0) is 35.9 Å². The minimum atomic E-state index is -1.50. The molecule has 0 fully saturated rings. The quantitative estimate of drug-likeness (QED) is 0.736. The van der Waals surface area contributed by atoms with E-state index in [-0.39, 0.29) is 11.8 Å². The van der Waals surface area contributed by atoms with Crippen LogP contribution in [0.4, 0.5) is 5.69 Å². The lowest BCUT2D eigenvalue weighted by atomic mass is 10.1. The maximum Gasteiger partial charge on any atom is 0.256 e. The zero-order chi connectivity index (χ0) is 18.8. The molecule has 0 spiro atoms. The minimum Gasteiger partial charge on any atom is -0.348 e. The summed E-state index contributed by atoms with van der Waals surface area (Å²) in [7, 11) is -1.50. The van der Waals surface area contributed by atoms with E-state index in [1.165, 1.54) is 0 Å². The predicted molar refractivity (Wildman–Crippen MR) is 103 cm³/mol. The van der Waals surface area contributed by atoms with Crippen LogP contribution in [0.3, 0.4) is 0 Å². The lowest BCUT2D eigenvalue weighted by Gasteiger charge is -2.10. The van der Waals surface area contributed by atoms with E-state index in [2.05, 4.69) is 10.6 Å². The number of amides is 2. The Morgan fingerprint density at radius 1 is 0.926 bits per heavy atom. The molecule has 1 atom stereocenters. The highest BCUT2D eigenvalue weighted by atomic mass is 32.2. The van der Waals surface area contributed by atoms with Gasteiger partial charge in [-0.15, -0.1) is 0 Å². The summed E-state index contributed by atoms with van der Waals surface area (Å²) in [5, 5.41) is 5.62. The third-order valence-corrected chi connectivity index (χ3v) is 5.83. The molecule has 2 amide bonds. The van der Waals surface area contributed by atoms with Crippen molar-refractivity contribution < 1.29 is 13.8 Å². The molecule has 0 bridgehead atoms. The lowest BCUT2D eigenvalue weighted by molar-refractivity contribution is 0.0949. The zero-order valence-electron chi connectivity index (χ0n) is 14.3. The SMILES string of the molecule is O=C(NCc1ccccc1)c1ccc2c(c1)NC(=O)c1ccccc1S2=O. The highest BCUT2D eigenvalue weighted by Crippen LogP contribution is 2.31. The van der Waals surface area contributed by atoms with Crippen molar-refractivity contribution in [2.24, 2.45) is 0 Å². The van der Waals surface area contributed by atoms with Crippen molar-refractivity contribution in [1.82, 2.24) is 5.32 Å². The third kappa shape index (κ3) is 3.39. The standard InChI is InChI=1S/C21H16N2O3S/c24-20(22-13-14-6-2-1-3-7-14)15-10-11-19-17(12-15)23-21(25)16-8-4-5-9-18(16)27(19)26/h1-12H,13H2,(H,22,24)(H,23,25). The molecule has 5 nitrogen and oxygen atoms in total. The van der Waals surface area contributed by atoms with Crippen LogP contribution in [0.15, 0.2) is 82.6 Å². The fraction of sp³-hybridized carbons (Fsp3) is 0.0476. The predicted octanol–water partition coefficient (Wildman–Crippen LogP) is 3.35. The van der Waals surface area contributed by atoms with E-state index in [9.17, 15) is 13.8 Å². The van der Waals surface area contributed by atoms with Crippen LogP contribution in [0, 0.1) is 0 Å². The second kappa shape index (κ2) is 7.17. The first-order valence-electron chi connectivity index (χ1n) is 8.42. The van der Waals surface area contributed by atoms with Crippen LogP contribution < -0.4 is 10.6 Å². The zero-order valence-corrected chi connectivity index (χ0v) is 15.1. The van der Waals surface area contributed by atoms with Crippen LogP contribution in [0.5, 0.6) is 0 Å². The van der Waals surface area contributed by atoms with Crippen molar-refractivity contribution in [1.29, 1.82) is 0 Å². The molecule has 6 heteroatoms. The van der Waals surface area contributed by atoms with Crippen molar-refractivity contribution in [2.75, 3.05) is 5.32 Å². The number of benzene rings is 3. The maximum absolute atomic E-state index is 12.9. The van der Waals surface area contributed by atoms with Gasteiger partial charge in [0.2, 0.25) is 0 Å². The normalized spacial score (nSPS) is 15.1. The van der Waals surface area contributed by atoms with Crippen molar-refractivity contribution in [3.8, 4) is 0 Å². The van der Waals surface area contributed by atoms with Gasteiger partial charge in [-0.3, -0.25) is 9.59 Å². The molecular weight excluding hydrogens is 360 g/mol. The number of fused-ring (bicyclic) bond motifs is 2. The van der Waals surface area contributed by atoms with Crippen LogP contribution >= 0.6 is 0 Å². The summed E-state index contributed by atoms with van der Waals surface area (Å²) in [5.74, 6) is -0.594. The molecular formula is C21H16N2O3S. The lowest BCUT2D eigenvalue weighted by Crippen LogP contribution is -2.23. The molecule has 27 heavy (non-hydrogen) atoms. The molecule has 0 aromatic heterocycles. The molecule has 3 aromatic carbocycles. The Balaban J connectivity index is 1.61. The van der Waals surface area contributed by atoms with Gasteiger partial charge in [0.15, 0.2) is 0 Å². The van der Waals surface area contributed by atoms with Gasteiger partial charge in [0, 0.05) is 12.1 Å². The van der Waals surface area contributed by atoms with Gasteiger partial charge in [0.1, 0.15) is 0 Å². The van der Waals surface area contributed by atoms with Crippen molar-refractivity contribution in [3.63, 3.8) is 0 Å². The Morgan fingerprint density at radius 3 is 2.48 bits per heavy atom. The van der Waals surface area contributed by atoms with Gasteiger partial charge in [-0.25, -0.2) is 4.21 Å². The van der Waals surface area contributed by atoms with Crippen molar-refractivity contribution in [2.45, 2.75) is 16.3 Å². The Bertz CT molecular complexity index is 1060. The molecule has 0 aliphatic carbocycles. The van der Waals surface area contributed by atoms with Crippen LogP contribution in [-0.4, -0.2) is 16.0 Å². The fourth-order valence-corrected chi connectivity index (χ4v) is 4.24. The van der Waals surface area contributed by atoms with Gasteiger partial charge >= 0.3 is 0 Å². The molecule has 0 radical (unpaired) electrons. The van der Waals surface area contributed by atoms with Crippen LogP contribution in [0.25, 0.3) is 0 Å². The van der Waals surface area contributed by atoms with Gasteiger partial charge in [-0.1, -0.05) is 42.5 Å². The van der Waals surface area contributed by atoms with E-state index in [4.69, 9.17) is 0 Å². The highest BCUT2D eigenvalue weighted by Gasteiger charge is 2.25.